The first-order chi connectivity index (χ1) is 3.12. The quantitative estimate of drug-likeness (QED) is 0.404. The fourth-order valence-electron chi connectivity index (χ4n) is 0.0745. The predicted octanol–water partition coefficient (Wildman–Crippen LogP) is -2.37. The molecule has 0 aromatic carbocycles. The Hall–Kier alpha value is 2.41. The maximum Gasteiger partial charge on any atom is 0.471 e. The molecule has 0 saturated heterocycles. The van der Waals surface area contributed by atoms with Crippen LogP contribution in [0.15, 0.2) is 0 Å². The van der Waals surface area contributed by atoms with Gasteiger partial charge in [0.1, 0.15) is 0 Å². The first-order valence-electron chi connectivity index (χ1n) is 1.56. The SMILES string of the molecule is COP(=O)(O)OC.[MgH2].[MgH2].[MgH2]. The molecule has 8 heteroatoms. The molecule has 0 aliphatic carbocycles. The molecule has 0 aliphatic rings. The number of rotatable bonds is 2. The Morgan fingerprint density at radius 3 is 1.30 bits per heavy atom. The molecule has 4 nitrogen and oxygen atoms in total. The highest BCUT2D eigenvalue weighted by Crippen LogP contribution is 2.40. The van der Waals surface area contributed by atoms with Crippen LogP contribution in [0.5, 0.6) is 0 Å². The van der Waals surface area contributed by atoms with Crippen LogP contribution in [-0.2, 0) is 13.6 Å². The van der Waals surface area contributed by atoms with Gasteiger partial charge in [0.25, 0.3) is 0 Å². The summed E-state index contributed by atoms with van der Waals surface area (Å²) in [6.45, 7) is 0. The molecule has 0 bridgehead atoms. The van der Waals surface area contributed by atoms with Crippen molar-refractivity contribution in [2.24, 2.45) is 0 Å². The summed E-state index contributed by atoms with van der Waals surface area (Å²) in [6, 6.07) is 0. The van der Waals surface area contributed by atoms with Gasteiger partial charge in [0.2, 0.25) is 0 Å². The summed E-state index contributed by atoms with van der Waals surface area (Å²) in [5.74, 6) is 0. The summed E-state index contributed by atoms with van der Waals surface area (Å²) in [6.07, 6.45) is 0. The first kappa shape index (κ1) is 22.8. The Morgan fingerprint density at radius 2 is 1.30 bits per heavy atom. The predicted molar refractivity (Wildman–Crippen MR) is 49.5 cm³/mol. The molecule has 0 radical (unpaired) electrons. The summed E-state index contributed by atoms with van der Waals surface area (Å²) in [4.78, 5) is 8.24. The molecular weight excluding hydrogens is 192 g/mol. The summed E-state index contributed by atoms with van der Waals surface area (Å²) < 4.78 is 18.0. The molecule has 0 aliphatic heterocycles. The number of phosphoric ester groups is 1. The minimum Gasteiger partial charge on any atom is -0.303 e. The van der Waals surface area contributed by atoms with Crippen LogP contribution in [0.3, 0.4) is 0 Å². The van der Waals surface area contributed by atoms with Crippen molar-refractivity contribution < 1.29 is 18.5 Å². The van der Waals surface area contributed by atoms with E-state index in [2.05, 4.69) is 9.05 Å². The van der Waals surface area contributed by atoms with Crippen LogP contribution in [-0.4, -0.2) is 88.3 Å². The molecule has 0 fully saturated rings. The van der Waals surface area contributed by atoms with E-state index in [1.54, 1.807) is 0 Å². The lowest BCUT2D eigenvalue weighted by Gasteiger charge is -2.01. The van der Waals surface area contributed by atoms with Gasteiger partial charge in [-0.25, -0.2) is 4.57 Å². The second kappa shape index (κ2) is 11.4. The van der Waals surface area contributed by atoms with Crippen molar-refractivity contribution in [2.75, 3.05) is 14.2 Å². The molecule has 0 saturated carbocycles. The van der Waals surface area contributed by atoms with Crippen LogP contribution >= 0.6 is 7.82 Å². The standard InChI is InChI=1S/C2H7O4P.3Mg.6H/c1-5-7(3,4)6-2;;;;;;;;;/h1-2H3,(H,3,4);;;;;;;;;. The molecule has 0 spiro atoms. The molecule has 0 aromatic rings. The summed E-state index contributed by atoms with van der Waals surface area (Å²) in [5.41, 5.74) is 0. The summed E-state index contributed by atoms with van der Waals surface area (Å²) >= 11 is 0. The van der Waals surface area contributed by atoms with E-state index >= 15 is 0 Å². The van der Waals surface area contributed by atoms with E-state index < -0.39 is 7.82 Å². The third-order valence-corrected chi connectivity index (χ3v) is 1.38. The Morgan fingerprint density at radius 1 is 1.10 bits per heavy atom. The summed E-state index contributed by atoms with van der Waals surface area (Å²) in [7, 11) is -1.45. The number of hydrogen-bond donors (Lipinski definition) is 1. The maximum atomic E-state index is 10.1. The molecular formula is C2H13Mg3O4P. The number of phosphoric acid groups is 1. The molecule has 0 heterocycles. The van der Waals surface area contributed by atoms with Crippen LogP contribution in [0.4, 0.5) is 0 Å². The van der Waals surface area contributed by atoms with Crippen molar-refractivity contribution in [3.05, 3.63) is 0 Å². The van der Waals surface area contributed by atoms with Crippen LogP contribution in [0.2, 0.25) is 0 Å². The maximum absolute atomic E-state index is 10.1. The third-order valence-electron chi connectivity index (χ3n) is 0.461. The van der Waals surface area contributed by atoms with Crippen LogP contribution in [0.1, 0.15) is 0 Å². The van der Waals surface area contributed by atoms with E-state index in [1.165, 1.54) is 0 Å². The van der Waals surface area contributed by atoms with E-state index in [0.717, 1.165) is 14.2 Å². The van der Waals surface area contributed by atoms with Gasteiger partial charge in [0.15, 0.2) is 0 Å². The zero-order chi connectivity index (χ0) is 5.91. The zero-order valence-corrected chi connectivity index (χ0v) is 5.01. The molecule has 0 aromatic heterocycles. The first-order valence-corrected chi connectivity index (χ1v) is 3.06. The van der Waals surface area contributed by atoms with Gasteiger partial charge in [0.05, 0.1) is 0 Å². The minimum absolute atomic E-state index is 0. The van der Waals surface area contributed by atoms with Crippen molar-refractivity contribution in [1.82, 2.24) is 0 Å². The smallest absolute Gasteiger partial charge is 0.303 e. The van der Waals surface area contributed by atoms with Crippen molar-refractivity contribution in [1.29, 1.82) is 0 Å². The van der Waals surface area contributed by atoms with E-state index in [0.29, 0.717) is 0 Å². The second-order valence-electron chi connectivity index (χ2n) is 0.834. The lowest BCUT2D eigenvalue weighted by atomic mass is 11.8. The number of hydrogen-bond acceptors (Lipinski definition) is 3. The van der Waals surface area contributed by atoms with Gasteiger partial charge >= 0.3 is 77.0 Å². The molecule has 0 amide bonds. The monoisotopic (exact) mass is 204 g/mol. The molecule has 10 heavy (non-hydrogen) atoms. The van der Waals surface area contributed by atoms with E-state index in [-0.39, 0.29) is 69.2 Å². The van der Waals surface area contributed by atoms with Crippen molar-refractivity contribution in [3.63, 3.8) is 0 Å². The Balaban J connectivity index is -0.0000000600. The van der Waals surface area contributed by atoms with Crippen LogP contribution < -0.4 is 0 Å². The zero-order valence-electron chi connectivity index (χ0n) is 4.12. The molecule has 56 valence electrons. The van der Waals surface area contributed by atoms with E-state index in [9.17, 15) is 4.57 Å². The average molecular weight is 205 g/mol. The highest BCUT2D eigenvalue weighted by molar-refractivity contribution is 7.47. The van der Waals surface area contributed by atoms with Gasteiger partial charge in [-0.15, -0.1) is 0 Å². The Bertz CT molecular complexity index is 90.5. The topological polar surface area (TPSA) is 55.8 Å². The Kier molecular flexibility index (Phi) is 26.1. The lowest BCUT2D eigenvalue weighted by molar-refractivity contribution is 0.204. The average Bonchev–Trinajstić information content (AvgIpc) is 1.68. The van der Waals surface area contributed by atoms with Crippen molar-refractivity contribution in [2.45, 2.75) is 0 Å². The van der Waals surface area contributed by atoms with E-state index in [1.807, 2.05) is 0 Å². The Labute approximate surface area is 108 Å². The van der Waals surface area contributed by atoms with Crippen molar-refractivity contribution >= 4 is 77.0 Å². The molecule has 1 N–H and O–H groups in total. The molecule has 0 atom stereocenters. The van der Waals surface area contributed by atoms with Gasteiger partial charge in [-0.1, -0.05) is 0 Å². The van der Waals surface area contributed by atoms with Crippen molar-refractivity contribution in [3.8, 4) is 0 Å². The highest BCUT2D eigenvalue weighted by Gasteiger charge is 2.13. The van der Waals surface area contributed by atoms with Gasteiger partial charge < -0.3 is 4.89 Å². The van der Waals surface area contributed by atoms with Crippen LogP contribution in [0, 0.1) is 0 Å². The van der Waals surface area contributed by atoms with Gasteiger partial charge in [0, 0.05) is 14.2 Å². The normalized spacial score (nSPS) is 8.30. The van der Waals surface area contributed by atoms with Gasteiger partial charge in [-0.3, -0.25) is 9.05 Å². The second-order valence-corrected chi connectivity index (χ2v) is 2.50. The van der Waals surface area contributed by atoms with E-state index in [4.69, 9.17) is 4.89 Å². The summed E-state index contributed by atoms with van der Waals surface area (Å²) in [5, 5.41) is 0. The molecule has 0 unspecified atom stereocenters. The fraction of sp³-hybridized carbons (Fsp3) is 1.00. The lowest BCUT2D eigenvalue weighted by Crippen LogP contribution is -1.83. The fourth-order valence-corrected chi connectivity index (χ4v) is 0.224. The molecule has 0 rings (SSSR count). The van der Waals surface area contributed by atoms with Crippen LogP contribution in [0.25, 0.3) is 0 Å². The largest absolute Gasteiger partial charge is 0.471 e. The minimum atomic E-state index is -3.65. The van der Waals surface area contributed by atoms with Gasteiger partial charge in [-0.05, 0) is 0 Å². The van der Waals surface area contributed by atoms with Gasteiger partial charge in [-0.2, -0.15) is 0 Å². The highest BCUT2D eigenvalue weighted by atomic mass is 31.2. The third kappa shape index (κ3) is 13.0.